The number of nitrogens with two attached hydrogens (primary N) is 1. The second-order valence-electron chi connectivity index (χ2n) is 5.61. The summed E-state index contributed by atoms with van der Waals surface area (Å²) in [4.78, 5) is 22.7. The maximum absolute atomic E-state index is 12.0. The van der Waals surface area contributed by atoms with Crippen LogP contribution >= 0.6 is 0 Å². The van der Waals surface area contributed by atoms with E-state index in [9.17, 15) is 9.59 Å². The molecular formula is C16H24N2O3. The third-order valence-electron chi connectivity index (χ3n) is 3.33. The van der Waals surface area contributed by atoms with Crippen LogP contribution in [0.4, 0.5) is 0 Å². The molecule has 1 amide bonds. The predicted molar refractivity (Wildman–Crippen MR) is 82.1 cm³/mol. The van der Waals surface area contributed by atoms with Crippen LogP contribution < -0.4 is 11.1 Å². The Hall–Kier alpha value is -1.88. The van der Waals surface area contributed by atoms with Gasteiger partial charge in [0, 0.05) is 13.1 Å². The molecule has 0 fully saturated rings. The van der Waals surface area contributed by atoms with Gasteiger partial charge in [0.05, 0.1) is 11.5 Å². The van der Waals surface area contributed by atoms with Crippen LogP contribution in [0.3, 0.4) is 0 Å². The lowest BCUT2D eigenvalue weighted by atomic mass is 9.96. The van der Waals surface area contributed by atoms with Crippen LogP contribution in [-0.4, -0.2) is 30.1 Å². The smallest absolute Gasteiger partial charge is 0.335 e. The van der Waals surface area contributed by atoms with E-state index in [1.54, 1.807) is 24.3 Å². The van der Waals surface area contributed by atoms with Gasteiger partial charge in [0.2, 0.25) is 5.91 Å². The molecule has 1 aromatic rings. The molecule has 0 heterocycles. The van der Waals surface area contributed by atoms with Crippen molar-refractivity contribution in [2.75, 3.05) is 13.1 Å². The van der Waals surface area contributed by atoms with E-state index in [1.165, 1.54) is 0 Å². The highest BCUT2D eigenvalue weighted by atomic mass is 16.4. The summed E-state index contributed by atoms with van der Waals surface area (Å²) in [5.41, 5.74) is 6.89. The molecule has 0 aliphatic carbocycles. The molecule has 1 unspecified atom stereocenters. The van der Waals surface area contributed by atoms with Gasteiger partial charge in [-0.2, -0.15) is 0 Å². The minimum atomic E-state index is -0.936. The summed E-state index contributed by atoms with van der Waals surface area (Å²) in [5, 5.41) is 11.7. The fourth-order valence-corrected chi connectivity index (χ4v) is 2.17. The SMILES string of the molecule is CC(C)CC(CN)C(=O)NCCc1ccc(C(=O)O)cc1. The highest BCUT2D eigenvalue weighted by Gasteiger charge is 2.17. The maximum atomic E-state index is 12.0. The van der Waals surface area contributed by atoms with E-state index in [4.69, 9.17) is 10.8 Å². The first-order valence-electron chi connectivity index (χ1n) is 7.24. The zero-order valence-corrected chi connectivity index (χ0v) is 12.6. The van der Waals surface area contributed by atoms with E-state index in [-0.39, 0.29) is 17.4 Å². The lowest BCUT2D eigenvalue weighted by Crippen LogP contribution is -2.36. The number of carboxylic acid groups (broad SMARTS) is 1. The van der Waals surface area contributed by atoms with Crippen molar-refractivity contribution in [2.45, 2.75) is 26.7 Å². The molecule has 0 aliphatic heterocycles. The number of benzene rings is 1. The van der Waals surface area contributed by atoms with Crippen molar-refractivity contribution >= 4 is 11.9 Å². The first kappa shape index (κ1) is 17.2. The third kappa shape index (κ3) is 5.95. The largest absolute Gasteiger partial charge is 0.478 e. The monoisotopic (exact) mass is 292 g/mol. The molecule has 1 aromatic carbocycles. The molecule has 0 aromatic heterocycles. The summed E-state index contributed by atoms with van der Waals surface area (Å²) >= 11 is 0. The number of aromatic carboxylic acids is 1. The van der Waals surface area contributed by atoms with Crippen LogP contribution in [0.15, 0.2) is 24.3 Å². The summed E-state index contributed by atoms with van der Waals surface area (Å²) in [7, 11) is 0. The first-order valence-corrected chi connectivity index (χ1v) is 7.24. The lowest BCUT2D eigenvalue weighted by Gasteiger charge is -2.16. The Labute approximate surface area is 125 Å². The van der Waals surface area contributed by atoms with Gasteiger partial charge >= 0.3 is 5.97 Å². The van der Waals surface area contributed by atoms with Crippen molar-refractivity contribution in [3.8, 4) is 0 Å². The second kappa shape index (κ2) is 8.42. The van der Waals surface area contributed by atoms with E-state index in [1.807, 2.05) is 0 Å². The van der Waals surface area contributed by atoms with Crippen LogP contribution in [0.5, 0.6) is 0 Å². The van der Waals surface area contributed by atoms with E-state index in [0.29, 0.717) is 25.4 Å². The van der Waals surface area contributed by atoms with Crippen molar-refractivity contribution in [2.24, 2.45) is 17.6 Å². The minimum absolute atomic E-state index is 0.00615. The van der Waals surface area contributed by atoms with Gasteiger partial charge in [0.1, 0.15) is 0 Å². The van der Waals surface area contributed by atoms with Crippen LogP contribution in [0.2, 0.25) is 0 Å². The fourth-order valence-electron chi connectivity index (χ4n) is 2.17. The van der Waals surface area contributed by atoms with Crippen molar-refractivity contribution < 1.29 is 14.7 Å². The Balaban J connectivity index is 2.41. The first-order chi connectivity index (χ1) is 9.93. The number of rotatable bonds is 8. The number of nitrogens with one attached hydrogen (secondary N) is 1. The standard InChI is InChI=1S/C16H24N2O3/c1-11(2)9-14(10-17)15(19)18-8-7-12-3-5-13(6-4-12)16(20)21/h3-6,11,14H,7-10,17H2,1-2H3,(H,18,19)(H,20,21). The molecule has 0 radical (unpaired) electrons. The Morgan fingerprint density at radius 2 is 1.86 bits per heavy atom. The van der Waals surface area contributed by atoms with Crippen molar-refractivity contribution in [3.63, 3.8) is 0 Å². The summed E-state index contributed by atoms with van der Waals surface area (Å²) in [5.74, 6) is -0.644. The van der Waals surface area contributed by atoms with E-state index >= 15 is 0 Å². The molecule has 0 saturated heterocycles. The van der Waals surface area contributed by atoms with Crippen LogP contribution in [0, 0.1) is 11.8 Å². The van der Waals surface area contributed by atoms with Crippen molar-refractivity contribution in [3.05, 3.63) is 35.4 Å². The molecule has 5 nitrogen and oxygen atoms in total. The molecule has 0 saturated carbocycles. The van der Waals surface area contributed by atoms with Crippen LogP contribution in [0.25, 0.3) is 0 Å². The van der Waals surface area contributed by atoms with Gasteiger partial charge in [0.15, 0.2) is 0 Å². The highest BCUT2D eigenvalue weighted by molar-refractivity contribution is 5.87. The van der Waals surface area contributed by atoms with Gasteiger partial charge in [-0.05, 0) is 36.5 Å². The molecule has 0 bridgehead atoms. The van der Waals surface area contributed by atoms with Crippen LogP contribution in [0.1, 0.15) is 36.2 Å². The molecule has 116 valence electrons. The predicted octanol–water partition coefficient (Wildman–Crippen LogP) is 1.66. The molecule has 4 N–H and O–H groups in total. The zero-order chi connectivity index (χ0) is 15.8. The molecule has 5 heteroatoms. The van der Waals surface area contributed by atoms with E-state index in [2.05, 4.69) is 19.2 Å². The fraction of sp³-hybridized carbons (Fsp3) is 0.500. The molecule has 1 atom stereocenters. The van der Waals surface area contributed by atoms with Gasteiger partial charge in [-0.25, -0.2) is 4.79 Å². The third-order valence-corrected chi connectivity index (χ3v) is 3.33. The minimum Gasteiger partial charge on any atom is -0.478 e. The number of carbonyl (C=O) groups is 2. The number of amides is 1. The zero-order valence-electron chi connectivity index (χ0n) is 12.6. The molecule has 0 spiro atoms. The second-order valence-corrected chi connectivity index (χ2v) is 5.61. The lowest BCUT2D eigenvalue weighted by molar-refractivity contribution is -0.125. The highest BCUT2D eigenvalue weighted by Crippen LogP contribution is 2.10. The van der Waals surface area contributed by atoms with E-state index in [0.717, 1.165) is 12.0 Å². The molecule has 1 rings (SSSR count). The Kier molecular flexibility index (Phi) is 6.88. The molecule has 21 heavy (non-hydrogen) atoms. The topological polar surface area (TPSA) is 92.4 Å². The summed E-state index contributed by atoms with van der Waals surface area (Å²) in [6.45, 7) is 5.02. The van der Waals surface area contributed by atoms with Crippen LogP contribution in [-0.2, 0) is 11.2 Å². The molecular weight excluding hydrogens is 268 g/mol. The quantitative estimate of drug-likeness (QED) is 0.679. The number of carboxylic acids is 1. The van der Waals surface area contributed by atoms with Gasteiger partial charge in [0.25, 0.3) is 0 Å². The Morgan fingerprint density at radius 1 is 1.24 bits per heavy atom. The van der Waals surface area contributed by atoms with Gasteiger partial charge in [-0.3, -0.25) is 4.79 Å². The Bertz CT molecular complexity index is 469. The summed E-state index contributed by atoms with van der Waals surface area (Å²) in [6, 6.07) is 6.68. The van der Waals surface area contributed by atoms with Crippen molar-refractivity contribution in [1.82, 2.24) is 5.32 Å². The van der Waals surface area contributed by atoms with E-state index < -0.39 is 5.97 Å². The average molecular weight is 292 g/mol. The van der Waals surface area contributed by atoms with Crippen molar-refractivity contribution in [1.29, 1.82) is 0 Å². The normalized spacial score (nSPS) is 12.2. The Morgan fingerprint density at radius 3 is 2.33 bits per heavy atom. The van der Waals surface area contributed by atoms with Gasteiger partial charge in [-0.15, -0.1) is 0 Å². The summed E-state index contributed by atoms with van der Waals surface area (Å²) < 4.78 is 0. The van der Waals surface area contributed by atoms with Gasteiger partial charge < -0.3 is 16.2 Å². The number of carbonyl (C=O) groups excluding carboxylic acids is 1. The number of hydrogen-bond acceptors (Lipinski definition) is 3. The number of hydrogen-bond donors (Lipinski definition) is 3. The maximum Gasteiger partial charge on any atom is 0.335 e. The van der Waals surface area contributed by atoms with Gasteiger partial charge in [-0.1, -0.05) is 26.0 Å². The molecule has 0 aliphatic rings. The average Bonchev–Trinajstić information content (AvgIpc) is 2.44. The summed E-state index contributed by atoms with van der Waals surface area (Å²) in [6.07, 6.45) is 1.46.